The summed E-state index contributed by atoms with van der Waals surface area (Å²) in [6.45, 7) is 14.3. The number of ether oxygens (including phenoxy) is 1. The smallest absolute Gasteiger partial charge is 0.293 e. The SMILES string of the molecule is Cc1ncsc1-c1ccc(CNC(=O)[C@@H]2CCCN2C(=O)[C@@H](NC(=O)C2(F)CC2)C(C)(C)C)c(OC2CC3(CCN(c4cnc(C(=O)Nc5cccc(Sc6cnc(N7CCC(C)(CN)CC7)cn6)c5Cl)nc4)CC3)C2)c1. The van der Waals surface area contributed by atoms with E-state index in [0.717, 1.165) is 103 Å². The van der Waals surface area contributed by atoms with Gasteiger partial charge in [0.25, 0.3) is 11.8 Å². The Hall–Kier alpha value is -5.96. The zero-order valence-corrected chi connectivity index (χ0v) is 46.8. The number of halogens is 2. The summed E-state index contributed by atoms with van der Waals surface area (Å²) in [5.41, 5.74) is 9.50. The first-order valence-electron chi connectivity index (χ1n) is 26.7. The van der Waals surface area contributed by atoms with Gasteiger partial charge in [-0.05, 0) is 118 Å². The highest BCUT2D eigenvalue weighted by molar-refractivity contribution is 7.99. The van der Waals surface area contributed by atoms with Gasteiger partial charge in [-0.3, -0.25) is 19.2 Å². The number of carbonyl (C=O) groups excluding carboxylic acids is 4. The Balaban J connectivity index is 0.719. The molecule has 3 saturated heterocycles. The third-order valence-corrected chi connectivity index (χ3v) is 18.8. The van der Waals surface area contributed by atoms with E-state index in [1.54, 1.807) is 47.1 Å². The van der Waals surface area contributed by atoms with Gasteiger partial charge in [-0.1, -0.05) is 69.3 Å². The van der Waals surface area contributed by atoms with E-state index >= 15 is 0 Å². The number of thiazole rings is 1. The lowest BCUT2D eigenvalue weighted by atomic mass is 9.61. The Morgan fingerprint density at radius 2 is 1.65 bits per heavy atom. The molecule has 5 fully saturated rings. The van der Waals surface area contributed by atoms with Crippen LogP contribution in [-0.2, 0) is 20.9 Å². The predicted octanol–water partition coefficient (Wildman–Crippen LogP) is 8.79. The van der Waals surface area contributed by atoms with Crippen molar-refractivity contribution in [3.63, 3.8) is 0 Å². The van der Waals surface area contributed by atoms with Crippen LogP contribution in [0.2, 0.25) is 5.02 Å². The number of rotatable bonds is 16. The first-order chi connectivity index (χ1) is 36.8. The Bertz CT molecular complexity index is 2980. The molecule has 0 radical (unpaired) electrons. The molecular formula is C56H68ClFN12O5S2. The molecule has 5 aromatic rings. The molecular weight excluding hydrogens is 1040 g/mol. The lowest BCUT2D eigenvalue weighted by Crippen LogP contribution is -2.58. The molecule has 17 nitrogen and oxygen atoms in total. The van der Waals surface area contributed by atoms with E-state index in [4.69, 9.17) is 22.1 Å². The van der Waals surface area contributed by atoms with Gasteiger partial charge in [-0.2, -0.15) is 0 Å². The Morgan fingerprint density at radius 3 is 2.30 bits per heavy atom. The average Bonchev–Trinajstić information content (AvgIpc) is 3.76. The van der Waals surface area contributed by atoms with E-state index in [1.165, 1.54) is 11.8 Å². The van der Waals surface area contributed by atoms with E-state index in [-0.39, 0.29) is 54.0 Å². The number of likely N-dealkylation sites (tertiary alicyclic amines) is 1. The zero-order valence-electron chi connectivity index (χ0n) is 44.4. The number of aryl methyl sites for hydroxylation is 1. The molecule has 4 amide bonds. The molecule has 77 heavy (non-hydrogen) atoms. The first kappa shape index (κ1) is 54.4. The highest BCUT2D eigenvalue weighted by Gasteiger charge is 2.53. The number of anilines is 3. The molecule has 10 rings (SSSR count). The van der Waals surface area contributed by atoms with Crippen LogP contribution in [0, 0.1) is 23.2 Å². The minimum absolute atomic E-state index is 0.0198. The summed E-state index contributed by atoms with van der Waals surface area (Å²) in [4.78, 5) is 84.6. The number of alkyl halides is 1. The van der Waals surface area contributed by atoms with Gasteiger partial charge in [-0.25, -0.2) is 29.3 Å². The highest BCUT2D eigenvalue weighted by Crippen LogP contribution is 2.51. The van der Waals surface area contributed by atoms with Crippen LogP contribution in [0.4, 0.5) is 21.6 Å². The van der Waals surface area contributed by atoms with Crippen LogP contribution in [0.5, 0.6) is 5.75 Å². The number of amides is 4. The van der Waals surface area contributed by atoms with E-state index in [1.807, 2.05) is 63.5 Å². The first-order valence-corrected chi connectivity index (χ1v) is 28.8. The Labute approximate surface area is 462 Å². The summed E-state index contributed by atoms with van der Waals surface area (Å²) < 4.78 is 21.5. The molecule has 2 aromatic carbocycles. The summed E-state index contributed by atoms with van der Waals surface area (Å²) in [7, 11) is 0. The van der Waals surface area contributed by atoms with Crippen molar-refractivity contribution in [2.75, 3.05) is 54.4 Å². The second kappa shape index (κ2) is 22.1. The van der Waals surface area contributed by atoms with Gasteiger partial charge in [-0.15, -0.1) is 11.3 Å². The van der Waals surface area contributed by atoms with Crippen LogP contribution in [0.15, 0.2) is 76.6 Å². The van der Waals surface area contributed by atoms with Gasteiger partial charge in [0, 0.05) is 49.7 Å². The average molecular weight is 1110 g/mol. The van der Waals surface area contributed by atoms with Crippen molar-refractivity contribution in [1.29, 1.82) is 0 Å². The number of piperidine rings is 2. The fourth-order valence-electron chi connectivity index (χ4n) is 10.9. The molecule has 408 valence electrons. The lowest BCUT2D eigenvalue weighted by molar-refractivity contribution is -0.144. The Morgan fingerprint density at radius 1 is 0.922 bits per heavy atom. The van der Waals surface area contributed by atoms with Crippen LogP contribution >= 0.6 is 34.7 Å². The molecule has 5 N–H and O–H groups in total. The van der Waals surface area contributed by atoms with Gasteiger partial charge in [0.2, 0.25) is 17.6 Å². The van der Waals surface area contributed by atoms with E-state index < -0.39 is 35.0 Å². The maximum Gasteiger partial charge on any atom is 0.293 e. The predicted molar refractivity (Wildman–Crippen MR) is 297 cm³/mol. The lowest BCUT2D eigenvalue weighted by Gasteiger charge is -2.52. The maximum atomic E-state index is 14.7. The largest absolute Gasteiger partial charge is 0.490 e. The standard InChI is InChI=1S/C56H68ClFN12O5S2/c1-34-46(76-33-65-34)35-11-12-36(27-64-49(71)40-9-7-19-70(40)51(73)47(53(2,3)4)67-52(74)56(58)13-14-56)41(24-35)75-38-25-55(26-38)17-22-68(23-18-55)37-28-62-48(63-29-37)50(72)66-39-8-6-10-42(45(39)57)77-44-31-60-43(30-61-44)69-20-15-54(5,32-59)16-21-69/h6,8,10-12,24,28-31,33,38,40,47H,7,9,13-23,25-27,32,59H2,1-5H3,(H,64,71)(H,66,72)(H,67,74)/t40-,47+/m0/s1. The molecule has 6 heterocycles. The number of nitrogens with two attached hydrogens (primary N) is 1. The van der Waals surface area contributed by atoms with Crippen molar-refractivity contribution >= 4 is 75.5 Å². The molecule has 1 spiro atoms. The van der Waals surface area contributed by atoms with Crippen molar-refractivity contribution in [2.24, 2.45) is 22.0 Å². The summed E-state index contributed by atoms with van der Waals surface area (Å²) in [5, 5.41) is 9.73. The molecule has 0 unspecified atom stereocenters. The monoisotopic (exact) mass is 1110 g/mol. The Kier molecular flexibility index (Phi) is 15.6. The highest BCUT2D eigenvalue weighted by atomic mass is 35.5. The maximum absolute atomic E-state index is 14.7. The minimum Gasteiger partial charge on any atom is -0.490 e. The summed E-state index contributed by atoms with van der Waals surface area (Å²) >= 11 is 9.76. The third kappa shape index (κ3) is 12.0. The van der Waals surface area contributed by atoms with Crippen molar-refractivity contribution in [3.8, 4) is 16.2 Å². The second-order valence-corrected chi connectivity index (χ2v) is 25.3. The number of carbonyl (C=O) groups is 4. The topological polar surface area (TPSA) is 214 Å². The van der Waals surface area contributed by atoms with Crippen molar-refractivity contribution < 1.29 is 28.3 Å². The van der Waals surface area contributed by atoms with E-state index in [2.05, 4.69) is 57.6 Å². The second-order valence-electron chi connectivity index (χ2n) is 23.0. The number of hydrogen-bond donors (Lipinski definition) is 4. The molecule has 2 aliphatic carbocycles. The number of nitrogens with zero attached hydrogens (tertiary/aromatic N) is 8. The molecule has 21 heteroatoms. The third-order valence-electron chi connectivity index (χ3n) is 16.3. The molecule has 3 aromatic heterocycles. The van der Waals surface area contributed by atoms with E-state index in [9.17, 15) is 23.6 Å². The van der Waals surface area contributed by atoms with E-state index in [0.29, 0.717) is 47.4 Å². The van der Waals surface area contributed by atoms with Gasteiger partial charge >= 0.3 is 0 Å². The normalized spacial score (nSPS) is 20.1. The summed E-state index contributed by atoms with van der Waals surface area (Å²) in [5.74, 6) is -0.341. The minimum atomic E-state index is -1.92. The van der Waals surface area contributed by atoms with Gasteiger partial charge in [0.05, 0.1) is 63.4 Å². The van der Waals surface area contributed by atoms with Crippen LogP contribution < -0.4 is 36.2 Å². The van der Waals surface area contributed by atoms with Crippen molar-refractivity contribution in [3.05, 3.63) is 88.8 Å². The molecule has 0 bridgehead atoms. The van der Waals surface area contributed by atoms with Crippen LogP contribution in [0.3, 0.4) is 0 Å². The molecule has 2 atom stereocenters. The molecule has 3 aliphatic heterocycles. The number of benzene rings is 2. The van der Waals surface area contributed by atoms with Crippen LogP contribution in [-0.4, -0.2) is 117 Å². The summed E-state index contributed by atoms with van der Waals surface area (Å²) in [6, 6.07) is 9.78. The fraction of sp³-hybridized carbons (Fsp3) is 0.518. The van der Waals surface area contributed by atoms with Gasteiger partial charge < -0.3 is 41.1 Å². The van der Waals surface area contributed by atoms with Gasteiger partial charge in [0.15, 0.2) is 5.67 Å². The number of hydrogen-bond acceptors (Lipinski definition) is 15. The van der Waals surface area contributed by atoms with Crippen molar-refractivity contribution in [1.82, 2.24) is 40.5 Å². The quantitative estimate of drug-likeness (QED) is 0.0727. The fourth-order valence-corrected chi connectivity index (χ4v) is 12.8. The zero-order chi connectivity index (χ0) is 54.3. The number of nitrogens with one attached hydrogen (secondary N) is 3. The summed E-state index contributed by atoms with van der Waals surface area (Å²) in [6.07, 6.45) is 14.0. The van der Waals surface area contributed by atoms with Crippen LogP contribution in [0.25, 0.3) is 10.4 Å². The van der Waals surface area contributed by atoms with Gasteiger partial charge in [0.1, 0.15) is 28.7 Å². The van der Waals surface area contributed by atoms with Crippen LogP contribution in [0.1, 0.15) is 114 Å². The molecule has 2 saturated carbocycles. The number of aromatic nitrogens is 5. The molecule has 5 aliphatic rings. The van der Waals surface area contributed by atoms with Crippen molar-refractivity contribution in [2.45, 2.75) is 139 Å².